The van der Waals surface area contributed by atoms with Crippen LogP contribution in [0.3, 0.4) is 0 Å². The number of benzene rings is 1. The molecule has 0 saturated heterocycles. The molecule has 0 bridgehead atoms. The topological polar surface area (TPSA) is 66.9 Å². The lowest BCUT2D eigenvalue weighted by Gasteiger charge is -2.17. The summed E-state index contributed by atoms with van der Waals surface area (Å²) in [6, 6.07) is 5.03. The molecule has 1 amide bonds. The van der Waals surface area contributed by atoms with E-state index >= 15 is 0 Å². The molecular formula is C17H21N3O2S. The van der Waals surface area contributed by atoms with Crippen molar-refractivity contribution >= 4 is 29.0 Å². The molecule has 1 aromatic heterocycles. The van der Waals surface area contributed by atoms with Crippen LogP contribution >= 0.6 is 12.2 Å². The van der Waals surface area contributed by atoms with Crippen molar-refractivity contribution in [2.45, 2.75) is 33.4 Å². The van der Waals surface area contributed by atoms with Gasteiger partial charge in [-0.3, -0.25) is 14.2 Å². The third-order valence-corrected chi connectivity index (χ3v) is 4.24. The number of aromatic nitrogens is 2. The molecule has 0 saturated carbocycles. The number of allylic oxidation sites excluding steroid dienone is 1. The third-order valence-electron chi connectivity index (χ3n) is 3.91. The number of nitrogens with one attached hydrogen (secondary N) is 2. The fourth-order valence-corrected chi connectivity index (χ4v) is 2.41. The number of hydrogen-bond donors (Lipinski definition) is 2. The Morgan fingerprint density at radius 1 is 1.43 bits per heavy atom. The predicted molar refractivity (Wildman–Crippen MR) is 95.4 cm³/mol. The predicted octanol–water partition coefficient (Wildman–Crippen LogP) is 3.02. The standard InChI is InChI=1S/C17H21N3O2S/c1-5-8-20-16(22)13-7-6-12(9-14(13)19-17(20)23)15(21)18-11(4)10(2)3/h5-7,9-11H,1,8H2,2-4H3,(H,18,21)(H,19,23). The van der Waals surface area contributed by atoms with Gasteiger partial charge in [0.2, 0.25) is 0 Å². The average Bonchev–Trinajstić information content (AvgIpc) is 2.50. The number of rotatable bonds is 5. The van der Waals surface area contributed by atoms with Crippen LogP contribution in [0.4, 0.5) is 0 Å². The van der Waals surface area contributed by atoms with Crippen molar-refractivity contribution in [1.82, 2.24) is 14.9 Å². The van der Waals surface area contributed by atoms with Gasteiger partial charge in [0.25, 0.3) is 11.5 Å². The fraction of sp³-hybridized carbons (Fsp3) is 0.353. The first kappa shape index (κ1) is 17.1. The molecular weight excluding hydrogens is 310 g/mol. The molecule has 0 spiro atoms. The maximum Gasteiger partial charge on any atom is 0.262 e. The summed E-state index contributed by atoms with van der Waals surface area (Å²) in [4.78, 5) is 27.7. The summed E-state index contributed by atoms with van der Waals surface area (Å²) in [5.74, 6) is 0.180. The van der Waals surface area contributed by atoms with Gasteiger partial charge < -0.3 is 10.3 Å². The first-order chi connectivity index (χ1) is 10.8. The van der Waals surface area contributed by atoms with Crippen LogP contribution < -0.4 is 10.9 Å². The molecule has 0 aliphatic rings. The van der Waals surface area contributed by atoms with E-state index in [0.717, 1.165) is 0 Å². The molecule has 0 radical (unpaired) electrons. The van der Waals surface area contributed by atoms with Crippen LogP contribution in [0.15, 0.2) is 35.6 Å². The first-order valence-corrected chi connectivity index (χ1v) is 7.94. The molecule has 5 nitrogen and oxygen atoms in total. The van der Waals surface area contributed by atoms with E-state index in [4.69, 9.17) is 12.2 Å². The molecule has 6 heteroatoms. The Morgan fingerprint density at radius 2 is 2.13 bits per heavy atom. The summed E-state index contributed by atoms with van der Waals surface area (Å²) in [5.41, 5.74) is 0.868. The largest absolute Gasteiger partial charge is 0.349 e. The Bertz CT molecular complexity index is 864. The van der Waals surface area contributed by atoms with Crippen molar-refractivity contribution in [3.05, 3.63) is 51.5 Å². The highest BCUT2D eigenvalue weighted by molar-refractivity contribution is 7.71. The fourth-order valence-electron chi connectivity index (χ4n) is 2.15. The molecule has 23 heavy (non-hydrogen) atoms. The zero-order valence-electron chi connectivity index (χ0n) is 13.6. The maximum absolute atomic E-state index is 12.4. The minimum absolute atomic E-state index is 0.0669. The number of amides is 1. The number of hydrogen-bond acceptors (Lipinski definition) is 3. The zero-order valence-corrected chi connectivity index (χ0v) is 14.4. The maximum atomic E-state index is 12.4. The minimum atomic E-state index is -0.189. The van der Waals surface area contributed by atoms with Crippen LogP contribution in [0.5, 0.6) is 0 Å². The van der Waals surface area contributed by atoms with Gasteiger partial charge in [-0.05, 0) is 43.3 Å². The van der Waals surface area contributed by atoms with Gasteiger partial charge >= 0.3 is 0 Å². The number of carbonyl (C=O) groups excluding carboxylic acids is 1. The normalized spacial score (nSPS) is 12.3. The van der Waals surface area contributed by atoms with E-state index < -0.39 is 0 Å². The van der Waals surface area contributed by atoms with Crippen LogP contribution in [-0.2, 0) is 6.54 Å². The Labute approximate surface area is 140 Å². The molecule has 122 valence electrons. The van der Waals surface area contributed by atoms with Crippen molar-refractivity contribution in [2.75, 3.05) is 0 Å². The van der Waals surface area contributed by atoms with E-state index in [2.05, 4.69) is 16.9 Å². The molecule has 0 aliphatic heterocycles. The molecule has 2 rings (SSSR count). The quantitative estimate of drug-likeness (QED) is 0.654. The van der Waals surface area contributed by atoms with Gasteiger partial charge in [0, 0.05) is 18.2 Å². The Kier molecular flexibility index (Phi) is 5.15. The van der Waals surface area contributed by atoms with Crippen LogP contribution in [0, 0.1) is 10.7 Å². The van der Waals surface area contributed by atoms with E-state index in [-0.39, 0.29) is 17.5 Å². The van der Waals surface area contributed by atoms with Gasteiger partial charge in [0.15, 0.2) is 4.77 Å². The zero-order chi connectivity index (χ0) is 17.1. The Hall–Kier alpha value is -2.21. The lowest BCUT2D eigenvalue weighted by molar-refractivity contribution is 0.0930. The van der Waals surface area contributed by atoms with Gasteiger partial charge in [-0.2, -0.15) is 0 Å². The monoisotopic (exact) mass is 331 g/mol. The van der Waals surface area contributed by atoms with Gasteiger partial charge in [0.05, 0.1) is 10.9 Å². The van der Waals surface area contributed by atoms with E-state index in [1.807, 2.05) is 20.8 Å². The average molecular weight is 331 g/mol. The van der Waals surface area contributed by atoms with Gasteiger partial charge in [-0.25, -0.2) is 0 Å². The third kappa shape index (κ3) is 3.59. The lowest BCUT2D eigenvalue weighted by Crippen LogP contribution is -2.36. The van der Waals surface area contributed by atoms with Gasteiger partial charge in [-0.1, -0.05) is 19.9 Å². The second kappa shape index (κ2) is 6.91. The van der Waals surface area contributed by atoms with Crippen molar-refractivity contribution in [3.63, 3.8) is 0 Å². The van der Waals surface area contributed by atoms with Crippen molar-refractivity contribution < 1.29 is 4.79 Å². The Morgan fingerprint density at radius 3 is 2.74 bits per heavy atom. The first-order valence-electron chi connectivity index (χ1n) is 7.53. The lowest BCUT2D eigenvalue weighted by atomic mass is 10.1. The highest BCUT2D eigenvalue weighted by Gasteiger charge is 2.14. The minimum Gasteiger partial charge on any atom is -0.349 e. The molecule has 0 aliphatic carbocycles. The number of fused-ring (bicyclic) bond motifs is 1. The number of carbonyl (C=O) groups is 1. The van der Waals surface area contributed by atoms with E-state index in [1.165, 1.54) is 4.57 Å². The highest BCUT2D eigenvalue weighted by atomic mass is 32.1. The summed E-state index contributed by atoms with van der Waals surface area (Å²) in [6.07, 6.45) is 1.62. The SMILES string of the molecule is C=CCn1c(=S)[nH]c2cc(C(=O)NC(C)C(C)C)ccc2c1=O. The molecule has 0 fully saturated rings. The van der Waals surface area contributed by atoms with Crippen LogP contribution in [0.2, 0.25) is 0 Å². The van der Waals surface area contributed by atoms with Crippen LogP contribution in [0.25, 0.3) is 10.9 Å². The number of aromatic amines is 1. The van der Waals surface area contributed by atoms with Crippen molar-refractivity contribution in [2.24, 2.45) is 5.92 Å². The molecule has 1 aromatic carbocycles. The molecule has 2 aromatic rings. The molecule has 1 unspecified atom stereocenters. The summed E-state index contributed by atoms with van der Waals surface area (Å²) >= 11 is 5.20. The Balaban J connectivity index is 2.46. The molecule has 2 N–H and O–H groups in total. The summed E-state index contributed by atoms with van der Waals surface area (Å²) < 4.78 is 1.75. The second-order valence-electron chi connectivity index (χ2n) is 5.90. The van der Waals surface area contributed by atoms with E-state index in [0.29, 0.717) is 33.7 Å². The van der Waals surface area contributed by atoms with Gasteiger partial charge in [-0.15, -0.1) is 6.58 Å². The summed E-state index contributed by atoms with van der Waals surface area (Å²) in [5, 5.41) is 3.44. The molecule has 1 heterocycles. The van der Waals surface area contributed by atoms with Crippen molar-refractivity contribution in [1.29, 1.82) is 0 Å². The summed E-state index contributed by atoms with van der Waals surface area (Å²) in [6.45, 7) is 10.0. The number of H-pyrrole nitrogens is 1. The van der Waals surface area contributed by atoms with E-state index in [1.54, 1.807) is 24.3 Å². The van der Waals surface area contributed by atoms with E-state index in [9.17, 15) is 9.59 Å². The van der Waals surface area contributed by atoms with Gasteiger partial charge in [0.1, 0.15) is 0 Å². The summed E-state index contributed by atoms with van der Waals surface area (Å²) in [7, 11) is 0. The van der Waals surface area contributed by atoms with Crippen LogP contribution in [0.1, 0.15) is 31.1 Å². The second-order valence-corrected chi connectivity index (χ2v) is 6.29. The van der Waals surface area contributed by atoms with Crippen LogP contribution in [-0.4, -0.2) is 21.5 Å². The number of nitrogens with zero attached hydrogens (tertiary/aromatic N) is 1. The highest BCUT2D eigenvalue weighted by Crippen LogP contribution is 2.12. The smallest absolute Gasteiger partial charge is 0.262 e. The molecule has 1 atom stereocenters. The van der Waals surface area contributed by atoms with Crippen molar-refractivity contribution in [3.8, 4) is 0 Å².